The van der Waals surface area contributed by atoms with Gasteiger partial charge in [0.05, 0.1) is 5.56 Å². The van der Waals surface area contributed by atoms with Crippen molar-refractivity contribution in [2.45, 2.75) is 18.9 Å². The highest BCUT2D eigenvalue weighted by Gasteiger charge is 2.20. The summed E-state index contributed by atoms with van der Waals surface area (Å²) < 4.78 is 13.5. The number of nitrogens with one attached hydrogen (secondary N) is 1. The van der Waals surface area contributed by atoms with Gasteiger partial charge >= 0.3 is 5.97 Å². The highest BCUT2D eigenvalue weighted by Crippen LogP contribution is 2.26. The summed E-state index contributed by atoms with van der Waals surface area (Å²) in [4.78, 5) is 10.7. The van der Waals surface area contributed by atoms with Gasteiger partial charge in [-0.25, -0.2) is 9.18 Å². The van der Waals surface area contributed by atoms with Crippen LogP contribution in [0.2, 0.25) is 0 Å². The van der Waals surface area contributed by atoms with E-state index in [0.29, 0.717) is 5.56 Å². The van der Waals surface area contributed by atoms with Crippen LogP contribution in [0.1, 0.15) is 34.8 Å². The third-order valence-corrected chi connectivity index (χ3v) is 2.68. The van der Waals surface area contributed by atoms with Crippen molar-refractivity contribution in [3.8, 4) is 0 Å². The Labute approximate surface area is 86.9 Å². The number of benzene rings is 1. The lowest BCUT2D eigenvalue weighted by Gasteiger charge is -2.12. The van der Waals surface area contributed by atoms with Crippen LogP contribution in [0.3, 0.4) is 0 Å². The normalized spacial score (nSPS) is 20.5. The second-order valence-corrected chi connectivity index (χ2v) is 3.69. The molecule has 80 valence electrons. The number of aromatic carboxylic acids is 1. The lowest BCUT2D eigenvalue weighted by Crippen LogP contribution is -2.15. The molecule has 1 aliphatic heterocycles. The van der Waals surface area contributed by atoms with E-state index in [1.807, 2.05) is 0 Å². The number of carboxylic acids is 1. The molecule has 1 unspecified atom stereocenters. The van der Waals surface area contributed by atoms with Gasteiger partial charge in [-0.3, -0.25) is 0 Å². The van der Waals surface area contributed by atoms with E-state index in [0.717, 1.165) is 19.4 Å². The van der Waals surface area contributed by atoms with E-state index in [9.17, 15) is 9.18 Å². The van der Waals surface area contributed by atoms with Crippen LogP contribution in [-0.2, 0) is 0 Å². The number of carboxylic acid groups (broad SMARTS) is 1. The van der Waals surface area contributed by atoms with E-state index in [4.69, 9.17) is 5.11 Å². The molecule has 15 heavy (non-hydrogen) atoms. The first-order chi connectivity index (χ1) is 7.18. The van der Waals surface area contributed by atoms with Crippen molar-refractivity contribution in [1.82, 2.24) is 5.32 Å². The molecule has 0 spiro atoms. The lowest BCUT2D eigenvalue weighted by atomic mass is 10.0. The Bertz CT molecular complexity index is 386. The molecule has 1 heterocycles. The molecule has 1 aromatic rings. The first-order valence-electron chi connectivity index (χ1n) is 4.94. The van der Waals surface area contributed by atoms with Gasteiger partial charge in [-0.1, -0.05) is 0 Å². The Kier molecular flexibility index (Phi) is 2.68. The molecule has 0 amide bonds. The second kappa shape index (κ2) is 3.98. The largest absolute Gasteiger partial charge is 0.478 e. The molecule has 0 bridgehead atoms. The minimum absolute atomic E-state index is 0.0377. The molecule has 0 radical (unpaired) electrons. The molecular formula is C11H12FNO2. The van der Waals surface area contributed by atoms with Gasteiger partial charge in [0, 0.05) is 11.6 Å². The predicted molar refractivity (Wildman–Crippen MR) is 53.3 cm³/mol. The van der Waals surface area contributed by atoms with E-state index >= 15 is 0 Å². The van der Waals surface area contributed by atoms with Crippen LogP contribution in [0.25, 0.3) is 0 Å². The topological polar surface area (TPSA) is 49.3 Å². The van der Waals surface area contributed by atoms with Gasteiger partial charge < -0.3 is 10.4 Å². The fourth-order valence-corrected chi connectivity index (χ4v) is 1.89. The van der Waals surface area contributed by atoms with Crippen molar-refractivity contribution < 1.29 is 14.3 Å². The van der Waals surface area contributed by atoms with Gasteiger partial charge in [-0.15, -0.1) is 0 Å². The first-order valence-corrected chi connectivity index (χ1v) is 4.94. The minimum atomic E-state index is -1.02. The van der Waals surface area contributed by atoms with E-state index < -0.39 is 5.97 Å². The summed E-state index contributed by atoms with van der Waals surface area (Å²) in [5.74, 6) is -1.35. The van der Waals surface area contributed by atoms with Crippen molar-refractivity contribution in [1.29, 1.82) is 0 Å². The number of rotatable bonds is 2. The standard InChI is InChI=1S/C11H12FNO2/c12-9-4-3-7(11(14)15)6-8(9)10-2-1-5-13-10/h3-4,6,10,13H,1-2,5H2,(H,14,15). The molecule has 0 saturated carbocycles. The molecule has 3 nitrogen and oxygen atoms in total. The van der Waals surface area contributed by atoms with Crippen LogP contribution in [0.15, 0.2) is 18.2 Å². The number of carbonyl (C=O) groups is 1. The molecule has 2 N–H and O–H groups in total. The smallest absolute Gasteiger partial charge is 0.335 e. The molecule has 1 aliphatic rings. The molecule has 4 heteroatoms. The zero-order valence-electron chi connectivity index (χ0n) is 8.16. The Morgan fingerprint density at radius 1 is 1.53 bits per heavy atom. The van der Waals surface area contributed by atoms with Crippen molar-refractivity contribution in [2.75, 3.05) is 6.54 Å². The average Bonchev–Trinajstić information content (AvgIpc) is 2.71. The van der Waals surface area contributed by atoms with Crippen molar-refractivity contribution in [3.63, 3.8) is 0 Å². The summed E-state index contributed by atoms with van der Waals surface area (Å²) in [5.41, 5.74) is 0.604. The Balaban J connectivity index is 2.35. The monoisotopic (exact) mass is 209 g/mol. The Morgan fingerprint density at radius 2 is 2.33 bits per heavy atom. The number of halogens is 1. The lowest BCUT2D eigenvalue weighted by molar-refractivity contribution is 0.0696. The Hall–Kier alpha value is -1.42. The molecule has 1 fully saturated rings. The number of hydrogen-bond donors (Lipinski definition) is 2. The van der Waals surface area contributed by atoms with Gasteiger partial charge in [0.2, 0.25) is 0 Å². The van der Waals surface area contributed by atoms with E-state index in [1.54, 1.807) is 0 Å². The van der Waals surface area contributed by atoms with Crippen molar-refractivity contribution >= 4 is 5.97 Å². The third-order valence-electron chi connectivity index (χ3n) is 2.68. The highest BCUT2D eigenvalue weighted by atomic mass is 19.1. The van der Waals surface area contributed by atoms with Gasteiger partial charge in [-0.05, 0) is 37.6 Å². The molecule has 2 rings (SSSR count). The maximum absolute atomic E-state index is 13.5. The SMILES string of the molecule is O=C(O)c1ccc(F)c(C2CCCN2)c1. The van der Waals surface area contributed by atoms with E-state index in [2.05, 4.69) is 5.32 Å². The third kappa shape index (κ3) is 1.99. The minimum Gasteiger partial charge on any atom is -0.478 e. The zero-order valence-corrected chi connectivity index (χ0v) is 8.16. The fraction of sp³-hybridized carbons (Fsp3) is 0.364. The quantitative estimate of drug-likeness (QED) is 0.782. The van der Waals surface area contributed by atoms with Crippen molar-refractivity contribution in [2.24, 2.45) is 0 Å². The summed E-state index contributed by atoms with van der Waals surface area (Å²) in [6, 6.07) is 3.89. The fourth-order valence-electron chi connectivity index (χ4n) is 1.89. The highest BCUT2D eigenvalue weighted by molar-refractivity contribution is 5.87. The summed E-state index contributed by atoms with van der Waals surface area (Å²) in [5, 5.41) is 11.9. The molecule has 0 aromatic heterocycles. The van der Waals surface area contributed by atoms with E-state index in [1.165, 1.54) is 18.2 Å². The molecule has 1 aromatic carbocycles. The van der Waals surface area contributed by atoms with Gasteiger partial charge in [0.1, 0.15) is 5.82 Å². The second-order valence-electron chi connectivity index (χ2n) is 3.69. The van der Waals surface area contributed by atoms with Crippen LogP contribution in [0.4, 0.5) is 4.39 Å². The van der Waals surface area contributed by atoms with Crippen molar-refractivity contribution in [3.05, 3.63) is 35.1 Å². The average molecular weight is 209 g/mol. The zero-order chi connectivity index (χ0) is 10.8. The van der Waals surface area contributed by atoms with Gasteiger partial charge in [-0.2, -0.15) is 0 Å². The molecule has 1 atom stereocenters. The summed E-state index contributed by atoms with van der Waals surface area (Å²) in [6.07, 6.45) is 1.86. The van der Waals surface area contributed by atoms with Crippen LogP contribution in [0.5, 0.6) is 0 Å². The molecule has 0 aliphatic carbocycles. The molecular weight excluding hydrogens is 197 g/mol. The number of hydrogen-bond acceptors (Lipinski definition) is 2. The van der Waals surface area contributed by atoms with Crippen LogP contribution < -0.4 is 5.32 Å². The van der Waals surface area contributed by atoms with Gasteiger partial charge in [0.15, 0.2) is 0 Å². The first kappa shape index (κ1) is 10.1. The van der Waals surface area contributed by atoms with Crippen LogP contribution in [-0.4, -0.2) is 17.6 Å². The summed E-state index contributed by atoms with van der Waals surface area (Å²) >= 11 is 0. The van der Waals surface area contributed by atoms with Gasteiger partial charge in [0.25, 0.3) is 0 Å². The van der Waals surface area contributed by atoms with Crippen LogP contribution in [0, 0.1) is 5.82 Å². The van der Waals surface area contributed by atoms with E-state index in [-0.39, 0.29) is 17.4 Å². The predicted octanol–water partition coefficient (Wildman–Crippen LogP) is 1.95. The van der Waals surface area contributed by atoms with Crippen LogP contribution >= 0.6 is 0 Å². The summed E-state index contributed by atoms with van der Waals surface area (Å²) in [6.45, 7) is 0.863. The maximum Gasteiger partial charge on any atom is 0.335 e. The summed E-state index contributed by atoms with van der Waals surface area (Å²) in [7, 11) is 0. The Morgan fingerprint density at radius 3 is 2.93 bits per heavy atom. The molecule has 1 saturated heterocycles. The maximum atomic E-state index is 13.5.